The maximum Gasteiger partial charge on any atom is 0.134 e. The number of fused-ring (bicyclic) bond motifs is 1. The van der Waals surface area contributed by atoms with Crippen LogP contribution in [0.2, 0.25) is 0 Å². The molecule has 26 heavy (non-hydrogen) atoms. The normalized spacial score (nSPS) is 16.5. The zero-order valence-electron chi connectivity index (χ0n) is 13.7. The second-order valence-corrected chi connectivity index (χ2v) is 7.26. The number of nitrogens with zero attached hydrogens (tertiary/aromatic N) is 1. The van der Waals surface area contributed by atoms with Gasteiger partial charge >= 0.3 is 0 Å². The van der Waals surface area contributed by atoms with Gasteiger partial charge in [0.2, 0.25) is 0 Å². The van der Waals surface area contributed by atoms with E-state index in [-0.39, 0.29) is 29.0 Å². The monoisotopic (exact) mass is 367 g/mol. The van der Waals surface area contributed by atoms with Crippen molar-refractivity contribution in [2.24, 2.45) is 0 Å². The summed E-state index contributed by atoms with van der Waals surface area (Å²) in [5, 5.41) is 39.9. The minimum atomic E-state index is -0.231. The highest BCUT2D eigenvalue weighted by molar-refractivity contribution is 7.97. The molecule has 0 bridgehead atoms. The van der Waals surface area contributed by atoms with Crippen molar-refractivity contribution in [3.63, 3.8) is 0 Å². The lowest BCUT2D eigenvalue weighted by atomic mass is 9.97. The van der Waals surface area contributed by atoms with Gasteiger partial charge in [0.05, 0.1) is 10.9 Å². The SMILES string of the molecule is Oc1ccc(SN2Cc3cc(O)cc(O)c3C2c2ccccc2)c(O)c1. The molecule has 4 rings (SSSR count). The molecule has 1 aliphatic heterocycles. The molecule has 1 aliphatic rings. The minimum absolute atomic E-state index is 0.00117. The Morgan fingerprint density at radius 1 is 0.808 bits per heavy atom. The molecule has 6 heteroatoms. The molecular weight excluding hydrogens is 350 g/mol. The Hall–Kier alpha value is -2.83. The lowest BCUT2D eigenvalue weighted by molar-refractivity contribution is 0.416. The fourth-order valence-electron chi connectivity index (χ4n) is 3.29. The van der Waals surface area contributed by atoms with Crippen molar-refractivity contribution >= 4 is 11.9 Å². The highest BCUT2D eigenvalue weighted by atomic mass is 32.2. The Bertz CT molecular complexity index is 962. The smallest absolute Gasteiger partial charge is 0.134 e. The molecule has 0 spiro atoms. The van der Waals surface area contributed by atoms with E-state index in [9.17, 15) is 20.4 Å². The number of hydrogen-bond acceptors (Lipinski definition) is 6. The van der Waals surface area contributed by atoms with E-state index in [2.05, 4.69) is 0 Å². The predicted molar refractivity (Wildman–Crippen MR) is 99.2 cm³/mol. The van der Waals surface area contributed by atoms with E-state index in [4.69, 9.17) is 0 Å². The molecule has 1 heterocycles. The number of aromatic hydroxyl groups is 4. The predicted octanol–water partition coefficient (Wildman–Crippen LogP) is 4.12. The van der Waals surface area contributed by atoms with Crippen molar-refractivity contribution in [3.05, 3.63) is 77.4 Å². The number of phenolic OH excluding ortho intramolecular Hbond substituents is 4. The lowest BCUT2D eigenvalue weighted by Gasteiger charge is -2.25. The van der Waals surface area contributed by atoms with Crippen LogP contribution in [0.1, 0.15) is 22.7 Å². The van der Waals surface area contributed by atoms with Gasteiger partial charge < -0.3 is 20.4 Å². The van der Waals surface area contributed by atoms with Crippen LogP contribution in [0.4, 0.5) is 0 Å². The van der Waals surface area contributed by atoms with Gasteiger partial charge in [-0.1, -0.05) is 30.3 Å². The molecular formula is C20H17NO4S. The van der Waals surface area contributed by atoms with Crippen molar-refractivity contribution in [3.8, 4) is 23.0 Å². The van der Waals surface area contributed by atoms with Gasteiger partial charge in [0, 0.05) is 24.2 Å². The van der Waals surface area contributed by atoms with Crippen molar-refractivity contribution in [2.75, 3.05) is 0 Å². The average molecular weight is 367 g/mol. The maximum atomic E-state index is 10.4. The highest BCUT2D eigenvalue weighted by Gasteiger charge is 2.35. The van der Waals surface area contributed by atoms with Crippen LogP contribution < -0.4 is 0 Å². The van der Waals surface area contributed by atoms with E-state index in [1.54, 1.807) is 12.1 Å². The van der Waals surface area contributed by atoms with Crippen LogP contribution >= 0.6 is 11.9 Å². The highest BCUT2D eigenvalue weighted by Crippen LogP contribution is 2.50. The average Bonchev–Trinajstić information content (AvgIpc) is 2.96. The largest absolute Gasteiger partial charge is 0.508 e. The minimum Gasteiger partial charge on any atom is -0.508 e. The third-order valence-corrected chi connectivity index (χ3v) is 5.51. The first kappa shape index (κ1) is 16.6. The molecule has 3 aromatic rings. The first-order valence-corrected chi connectivity index (χ1v) is 8.86. The van der Waals surface area contributed by atoms with Gasteiger partial charge in [0.25, 0.3) is 0 Å². The van der Waals surface area contributed by atoms with Gasteiger partial charge in [-0.15, -0.1) is 0 Å². The quantitative estimate of drug-likeness (QED) is 0.521. The van der Waals surface area contributed by atoms with Gasteiger partial charge in [-0.3, -0.25) is 0 Å². The molecule has 0 saturated heterocycles. The van der Waals surface area contributed by atoms with Crippen molar-refractivity contribution in [2.45, 2.75) is 17.5 Å². The first-order chi connectivity index (χ1) is 12.5. The van der Waals surface area contributed by atoms with E-state index in [1.165, 1.54) is 30.1 Å². The van der Waals surface area contributed by atoms with Gasteiger partial charge in [-0.25, -0.2) is 4.31 Å². The molecule has 0 radical (unpaired) electrons. The molecule has 0 amide bonds. The molecule has 0 aromatic heterocycles. The molecule has 1 unspecified atom stereocenters. The lowest BCUT2D eigenvalue weighted by Crippen LogP contribution is -2.15. The van der Waals surface area contributed by atoms with E-state index in [0.717, 1.165) is 16.7 Å². The number of benzene rings is 3. The Balaban J connectivity index is 1.77. The molecule has 1 atom stereocenters. The maximum absolute atomic E-state index is 10.4. The van der Waals surface area contributed by atoms with Crippen LogP contribution in [0.5, 0.6) is 23.0 Å². The van der Waals surface area contributed by atoms with Gasteiger partial charge in [-0.05, 0) is 41.3 Å². The van der Waals surface area contributed by atoms with E-state index < -0.39 is 0 Å². The standard InChI is InChI=1S/C20H17NO4S/c22-14-6-7-18(16(24)9-14)26-21-11-13-8-15(23)10-17(25)19(13)20(21)12-4-2-1-3-5-12/h1-10,20,22-25H,11H2. The molecule has 0 saturated carbocycles. The Labute approximate surface area is 154 Å². The molecule has 3 aromatic carbocycles. The van der Waals surface area contributed by atoms with Gasteiger partial charge in [-0.2, -0.15) is 0 Å². The second-order valence-electron chi connectivity index (χ2n) is 6.17. The molecule has 4 N–H and O–H groups in total. The third kappa shape index (κ3) is 2.94. The van der Waals surface area contributed by atoms with Crippen LogP contribution in [-0.2, 0) is 6.54 Å². The van der Waals surface area contributed by atoms with Crippen molar-refractivity contribution in [1.29, 1.82) is 0 Å². The van der Waals surface area contributed by atoms with E-state index >= 15 is 0 Å². The summed E-state index contributed by atoms with van der Waals surface area (Å²) in [6.45, 7) is 0.488. The van der Waals surface area contributed by atoms with Crippen molar-refractivity contribution < 1.29 is 20.4 Å². The van der Waals surface area contributed by atoms with Gasteiger partial charge in [0.15, 0.2) is 0 Å². The Morgan fingerprint density at radius 2 is 1.54 bits per heavy atom. The molecule has 0 fully saturated rings. The van der Waals surface area contributed by atoms with Crippen LogP contribution in [0.25, 0.3) is 0 Å². The molecule has 0 aliphatic carbocycles. The number of rotatable bonds is 3. The number of hydrogen-bond donors (Lipinski definition) is 4. The summed E-state index contributed by atoms with van der Waals surface area (Å²) < 4.78 is 2.03. The summed E-state index contributed by atoms with van der Waals surface area (Å²) in [6.07, 6.45) is 0. The third-order valence-electron chi connectivity index (χ3n) is 4.39. The fraction of sp³-hybridized carbons (Fsp3) is 0.100. The second kappa shape index (κ2) is 6.48. The zero-order valence-corrected chi connectivity index (χ0v) is 14.5. The first-order valence-electron chi connectivity index (χ1n) is 8.09. The Morgan fingerprint density at radius 3 is 2.27 bits per heavy atom. The van der Waals surface area contributed by atoms with Crippen molar-refractivity contribution in [1.82, 2.24) is 4.31 Å². The van der Waals surface area contributed by atoms with E-state index in [1.807, 2.05) is 34.6 Å². The Kier molecular flexibility index (Phi) is 4.14. The molecule has 132 valence electrons. The summed E-state index contributed by atoms with van der Waals surface area (Å²) in [5.41, 5.74) is 2.58. The summed E-state index contributed by atoms with van der Waals surface area (Å²) in [4.78, 5) is 0.597. The topological polar surface area (TPSA) is 84.2 Å². The van der Waals surface area contributed by atoms with Crippen LogP contribution in [0, 0.1) is 0 Å². The summed E-state index contributed by atoms with van der Waals surface area (Å²) in [6, 6.07) is 17.0. The summed E-state index contributed by atoms with van der Waals surface area (Å²) in [7, 11) is 0. The summed E-state index contributed by atoms with van der Waals surface area (Å²) >= 11 is 1.34. The number of phenols is 4. The van der Waals surface area contributed by atoms with Crippen LogP contribution in [0.15, 0.2) is 65.6 Å². The summed E-state index contributed by atoms with van der Waals surface area (Å²) in [5.74, 6) is 0.0582. The zero-order chi connectivity index (χ0) is 18.3. The van der Waals surface area contributed by atoms with Gasteiger partial charge in [0.1, 0.15) is 23.0 Å². The van der Waals surface area contributed by atoms with Crippen LogP contribution in [0.3, 0.4) is 0 Å². The fourth-order valence-corrected chi connectivity index (χ4v) is 4.36. The molecule has 5 nitrogen and oxygen atoms in total. The van der Waals surface area contributed by atoms with E-state index in [0.29, 0.717) is 11.4 Å². The van der Waals surface area contributed by atoms with Crippen LogP contribution in [-0.4, -0.2) is 24.7 Å².